The molecule has 1 aliphatic rings. The van der Waals surface area contributed by atoms with Gasteiger partial charge in [-0.25, -0.2) is 4.39 Å². The van der Waals surface area contributed by atoms with Crippen LogP contribution in [-0.4, -0.2) is 11.9 Å². The standard InChI is InChI=1S/C13H17FN2O/c1-8-7-9(5-6-11(8)14)16-13(17)10-3-2-4-12(10)15/h5-7,10,12H,2-4,15H2,1H3,(H,16,17). The first-order chi connectivity index (χ1) is 8.08. The van der Waals surface area contributed by atoms with Crippen molar-refractivity contribution in [2.24, 2.45) is 11.7 Å². The Morgan fingerprint density at radius 2 is 2.24 bits per heavy atom. The van der Waals surface area contributed by atoms with Gasteiger partial charge in [0.05, 0.1) is 5.92 Å². The van der Waals surface area contributed by atoms with Gasteiger partial charge in [0.1, 0.15) is 5.82 Å². The van der Waals surface area contributed by atoms with E-state index in [0.717, 1.165) is 19.3 Å². The highest BCUT2D eigenvalue weighted by molar-refractivity contribution is 5.93. The number of hydrogen-bond acceptors (Lipinski definition) is 2. The lowest BCUT2D eigenvalue weighted by molar-refractivity contribution is -0.120. The fourth-order valence-electron chi connectivity index (χ4n) is 2.27. The zero-order chi connectivity index (χ0) is 12.4. The summed E-state index contributed by atoms with van der Waals surface area (Å²) in [5, 5.41) is 2.80. The molecule has 0 aromatic heterocycles. The van der Waals surface area contributed by atoms with E-state index in [4.69, 9.17) is 5.73 Å². The molecule has 1 aromatic rings. The van der Waals surface area contributed by atoms with Gasteiger partial charge in [0.2, 0.25) is 5.91 Å². The van der Waals surface area contributed by atoms with Crippen LogP contribution in [0, 0.1) is 18.7 Å². The minimum Gasteiger partial charge on any atom is -0.327 e. The largest absolute Gasteiger partial charge is 0.327 e. The highest BCUT2D eigenvalue weighted by atomic mass is 19.1. The smallest absolute Gasteiger partial charge is 0.229 e. The maximum Gasteiger partial charge on any atom is 0.229 e. The number of amides is 1. The number of aryl methyl sites for hydroxylation is 1. The molecular weight excluding hydrogens is 219 g/mol. The Balaban J connectivity index is 2.05. The van der Waals surface area contributed by atoms with Gasteiger partial charge in [-0.1, -0.05) is 6.42 Å². The fourth-order valence-corrected chi connectivity index (χ4v) is 2.27. The van der Waals surface area contributed by atoms with Crippen molar-refractivity contribution in [3.8, 4) is 0 Å². The number of carbonyl (C=O) groups excluding carboxylic acids is 1. The van der Waals surface area contributed by atoms with Gasteiger partial charge in [-0.05, 0) is 43.5 Å². The first kappa shape index (κ1) is 12.0. The van der Waals surface area contributed by atoms with Gasteiger partial charge in [0.15, 0.2) is 0 Å². The fraction of sp³-hybridized carbons (Fsp3) is 0.462. The second-order valence-electron chi connectivity index (χ2n) is 4.65. The van der Waals surface area contributed by atoms with Crippen molar-refractivity contribution in [2.45, 2.75) is 32.2 Å². The van der Waals surface area contributed by atoms with Gasteiger partial charge in [0.25, 0.3) is 0 Å². The van der Waals surface area contributed by atoms with Crippen LogP contribution in [0.4, 0.5) is 10.1 Å². The van der Waals surface area contributed by atoms with Crippen LogP contribution in [0.1, 0.15) is 24.8 Å². The van der Waals surface area contributed by atoms with Gasteiger partial charge in [0, 0.05) is 11.7 Å². The molecule has 17 heavy (non-hydrogen) atoms. The predicted molar refractivity (Wildman–Crippen MR) is 65.1 cm³/mol. The number of halogens is 1. The molecule has 3 N–H and O–H groups in total. The molecule has 1 amide bonds. The van der Waals surface area contributed by atoms with E-state index in [1.807, 2.05) is 0 Å². The van der Waals surface area contributed by atoms with Crippen LogP contribution in [0.15, 0.2) is 18.2 Å². The van der Waals surface area contributed by atoms with Gasteiger partial charge in [-0.3, -0.25) is 4.79 Å². The average molecular weight is 236 g/mol. The van der Waals surface area contributed by atoms with Gasteiger partial charge in [-0.15, -0.1) is 0 Å². The van der Waals surface area contributed by atoms with Crippen LogP contribution in [0.3, 0.4) is 0 Å². The highest BCUT2D eigenvalue weighted by Gasteiger charge is 2.30. The maximum absolute atomic E-state index is 13.1. The molecule has 2 unspecified atom stereocenters. The summed E-state index contributed by atoms with van der Waals surface area (Å²) >= 11 is 0. The van der Waals surface area contributed by atoms with Gasteiger partial charge in [-0.2, -0.15) is 0 Å². The molecule has 1 aromatic carbocycles. The zero-order valence-corrected chi connectivity index (χ0v) is 9.87. The number of nitrogens with one attached hydrogen (secondary N) is 1. The van der Waals surface area contributed by atoms with E-state index in [-0.39, 0.29) is 23.7 Å². The van der Waals surface area contributed by atoms with E-state index in [1.54, 1.807) is 19.1 Å². The second-order valence-corrected chi connectivity index (χ2v) is 4.65. The van der Waals surface area contributed by atoms with Crippen molar-refractivity contribution >= 4 is 11.6 Å². The van der Waals surface area contributed by atoms with Crippen molar-refractivity contribution in [1.29, 1.82) is 0 Å². The molecule has 0 bridgehead atoms. The minimum absolute atomic E-state index is 0.0449. The highest BCUT2D eigenvalue weighted by Crippen LogP contribution is 2.25. The van der Waals surface area contributed by atoms with Crippen LogP contribution in [0.2, 0.25) is 0 Å². The summed E-state index contributed by atoms with van der Waals surface area (Å²) in [4.78, 5) is 11.9. The quantitative estimate of drug-likeness (QED) is 0.827. The number of rotatable bonds is 2. The Hall–Kier alpha value is -1.42. The van der Waals surface area contributed by atoms with Crippen LogP contribution in [0.5, 0.6) is 0 Å². The molecule has 1 saturated carbocycles. The number of hydrogen-bond donors (Lipinski definition) is 2. The molecule has 4 heteroatoms. The molecule has 0 saturated heterocycles. The third-order valence-corrected chi connectivity index (χ3v) is 3.33. The molecular formula is C13H17FN2O. The number of nitrogens with two attached hydrogens (primary N) is 1. The molecule has 92 valence electrons. The Kier molecular flexibility index (Phi) is 3.43. The molecule has 1 fully saturated rings. The van der Waals surface area contributed by atoms with Crippen LogP contribution < -0.4 is 11.1 Å². The molecule has 0 heterocycles. The third kappa shape index (κ3) is 2.64. The summed E-state index contributed by atoms with van der Waals surface area (Å²) in [6.07, 6.45) is 2.75. The Bertz CT molecular complexity index is 433. The maximum atomic E-state index is 13.1. The minimum atomic E-state index is -0.263. The van der Waals surface area contributed by atoms with Crippen molar-refractivity contribution in [3.63, 3.8) is 0 Å². The number of anilines is 1. The SMILES string of the molecule is Cc1cc(NC(=O)C2CCCC2N)ccc1F. The predicted octanol–water partition coefficient (Wildman–Crippen LogP) is 2.20. The lowest BCUT2D eigenvalue weighted by Gasteiger charge is -2.15. The summed E-state index contributed by atoms with van der Waals surface area (Å²) < 4.78 is 13.1. The molecule has 0 spiro atoms. The van der Waals surface area contributed by atoms with E-state index in [9.17, 15) is 9.18 Å². The second kappa shape index (κ2) is 4.84. The summed E-state index contributed by atoms with van der Waals surface area (Å²) in [5.41, 5.74) is 7.03. The van der Waals surface area contributed by atoms with E-state index < -0.39 is 0 Å². The zero-order valence-electron chi connectivity index (χ0n) is 9.87. The number of benzene rings is 1. The van der Waals surface area contributed by atoms with E-state index in [0.29, 0.717) is 11.3 Å². The van der Waals surface area contributed by atoms with Crippen LogP contribution in [-0.2, 0) is 4.79 Å². The summed E-state index contributed by atoms with van der Waals surface area (Å²) in [6, 6.07) is 4.52. The topological polar surface area (TPSA) is 55.1 Å². The Labute approximate surface area is 100 Å². The lowest BCUT2D eigenvalue weighted by atomic mass is 10.0. The molecule has 1 aliphatic carbocycles. The molecule has 0 aliphatic heterocycles. The first-order valence-corrected chi connectivity index (χ1v) is 5.90. The van der Waals surface area contributed by atoms with E-state index >= 15 is 0 Å². The van der Waals surface area contributed by atoms with Crippen LogP contribution >= 0.6 is 0 Å². The molecule has 0 radical (unpaired) electrons. The number of carbonyl (C=O) groups is 1. The van der Waals surface area contributed by atoms with E-state index in [1.165, 1.54) is 6.07 Å². The van der Waals surface area contributed by atoms with Crippen molar-refractivity contribution in [3.05, 3.63) is 29.6 Å². The van der Waals surface area contributed by atoms with Crippen molar-refractivity contribution in [2.75, 3.05) is 5.32 Å². The monoisotopic (exact) mass is 236 g/mol. The van der Waals surface area contributed by atoms with E-state index in [2.05, 4.69) is 5.32 Å². The molecule has 2 rings (SSSR count). The Morgan fingerprint density at radius 3 is 2.82 bits per heavy atom. The summed E-state index contributed by atoms with van der Waals surface area (Å²) in [6.45, 7) is 1.67. The summed E-state index contributed by atoms with van der Waals surface area (Å²) in [5.74, 6) is -0.429. The third-order valence-electron chi connectivity index (χ3n) is 3.33. The lowest BCUT2D eigenvalue weighted by Crippen LogP contribution is -2.34. The normalized spacial score (nSPS) is 23.7. The summed E-state index contributed by atoms with van der Waals surface area (Å²) in [7, 11) is 0. The Morgan fingerprint density at radius 1 is 1.47 bits per heavy atom. The average Bonchev–Trinajstić information content (AvgIpc) is 2.70. The van der Waals surface area contributed by atoms with Crippen molar-refractivity contribution in [1.82, 2.24) is 0 Å². The van der Waals surface area contributed by atoms with Gasteiger partial charge >= 0.3 is 0 Å². The van der Waals surface area contributed by atoms with Crippen molar-refractivity contribution < 1.29 is 9.18 Å². The van der Waals surface area contributed by atoms with Gasteiger partial charge < -0.3 is 11.1 Å². The first-order valence-electron chi connectivity index (χ1n) is 5.90. The molecule has 2 atom stereocenters. The molecule has 3 nitrogen and oxygen atoms in total. The van der Waals surface area contributed by atoms with Crippen LogP contribution in [0.25, 0.3) is 0 Å².